The van der Waals surface area contributed by atoms with Crippen molar-refractivity contribution >= 4 is 23.4 Å². The Morgan fingerprint density at radius 3 is 2.50 bits per heavy atom. The molecule has 4 rings (SSSR count). The molecule has 2 fully saturated rings. The second-order valence-corrected chi connectivity index (χ2v) is 11.9. The largest absolute Gasteiger partial charge is 0.493 e. The Labute approximate surface area is 232 Å². The second kappa shape index (κ2) is 13.0. The van der Waals surface area contributed by atoms with Crippen LogP contribution in [0.25, 0.3) is 0 Å². The average Bonchev–Trinajstić information content (AvgIpc) is 2.92. The van der Waals surface area contributed by atoms with Crippen LogP contribution in [0.5, 0.6) is 5.75 Å². The van der Waals surface area contributed by atoms with Crippen molar-refractivity contribution in [1.29, 1.82) is 0 Å². The molecular weight excluding hydrogens is 498 g/mol. The summed E-state index contributed by atoms with van der Waals surface area (Å²) in [7, 11) is 1.86. The second-order valence-electron chi connectivity index (χ2n) is 11.4. The zero-order chi connectivity index (χ0) is 27.1. The first-order valence-corrected chi connectivity index (χ1v) is 14.3. The molecule has 0 spiro atoms. The Kier molecular flexibility index (Phi) is 9.72. The number of piperidine rings is 2. The van der Waals surface area contributed by atoms with Crippen LogP contribution in [0.2, 0.25) is 5.02 Å². The SMILES string of the molecule is CC(C)N1CCC(C(=O)N2CCC[C@@](COc3cccc(Cl)c3)(CC(=O)N(C)Cc3ccccc3)C2)CC1. The molecule has 0 aromatic heterocycles. The van der Waals surface area contributed by atoms with Crippen LogP contribution in [-0.4, -0.2) is 72.4 Å². The van der Waals surface area contributed by atoms with E-state index < -0.39 is 5.41 Å². The van der Waals surface area contributed by atoms with Gasteiger partial charge in [0.2, 0.25) is 11.8 Å². The van der Waals surface area contributed by atoms with E-state index in [2.05, 4.69) is 18.7 Å². The number of hydrogen-bond donors (Lipinski definition) is 0. The first-order chi connectivity index (χ1) is 18.2. The summed E-state index contributed by atoms with van der Waals surface area (Å²) in [5.74, 6) is 1.06. The average molecular weight is 540 g/mol. The van der Waals surface area contributed by atoms with Crippen LogP contribution in [0.3, 0.4) is 0 Å². The van der Waals surface area contributed by atoms with Crippen LogP contribution in [-0.2, 0) is 16.1 Å². The minimum absolute atomic E-state index is 0.0612. The number of likely N-dealkylation sites (tertiary alicyclic amines) is 2. The number of ether oxygens (including phenoxy) is 1. The maximum Gasteiger partial charge on any atom is 0.225 e. The molecule has 0 saturated carbocycles. The smallest absolute Gasteiger partial charge is 0.225 e. The number of benzene rings is 2. The van der Waals surface area contributed by atoms with Crippen molar-refractivity contribution in [2.45, 2.75) is 58.5 Å². The van der Waals surface area contributed by atoms with Gasteiger partial charge in [0.1, 0.15) is 5.75 Å². The number of carbonyl (C=O) groups excluding carboxylic acids is 2. The van der Waals surface area contributed by atoms with Crippen LogP contribution in [0.1, 0.15) is 51.5 Å². The zero-order valence-electron chi connectivity index (χ0n) is 23.1. The molecule has 2 heterocycles. The van der Waals surface area contributed by atoms with Gasteiger partial charge in [-0.2, -0.15) is 0 Å². The molecule has 2 amide bonds. The molecule has 2 aromatic rings. The van der Waals surface area contributed by atoms with E-state index in [0.717, 1.165) is 50.9 Å². The number of halogens is 1. The normalized spacial score (nSPS) is 20.9. The van der Waals surface area contributed by atoms with Crippen LogP contribution in [0, 0.1) is 11.3 Å². The van der Waals surface area contributed by atoms with Gasteiger partial charge in [0.05, 0.1) is 6.61 Å². The number of hydrogen-bond acceptors (Lipinski definition) is 4. The first kappa shape index (κ1) is 28.4. The van der Waals surface area contributed by atoms with Gasteiger partial charge in [-0.05, 0) is 76.4 Å². The summed E-state index contributed by atoms with van der Waals surface area (Å²) in [5, 5.41) is 0.614. The summed E-state index contributed by atoms with van der Waals surface area (Å²) in [6.07, 6.45) is 3.85. The molecule has 206 valence electrons. The van der Waals surface area contributed by atoms with Gasteiger partial charge in [-0.1, -0.05) is 48.0 Å². The van der Waals surface area contributed by atoms with Crippen molar-refractivity contribution in [1.82, 2.24) is 14.7 Å². The number of amides is 2. The van der Waals surface area contributed by atoms with Crippen molar-refractivity contribution in [2.75, 3.05) is 39.8 Å². The molecule has 38 heavy (non-hydrogen) atoms. The third-order valence-corrected chi connectivity index (χ3v) is 8.37. The lowest BCUT2D eigenvalue weighted by atomic mass is 9.76. The summed E-state index contributed by atoms with van der Waals surface area (Å²) >= 11 is 6.19. The number of rotatable bonds is 9. The van der Waals surface area contributed by atoms with E-state index in [1.165, 1.54) is 0 Å². The van der Waals surface area contributed by atoms with Crippen molar-refractivity contribution in [3.63, 3.8) is 0 Å². The molecule has 2 aliphatic rings. The molecule has 0 unspecified atom stereocenters. The minimum Gasteiger partial charge on any atom is -0.493 e. The van der Waals surface area contributed by atoms with Gasteiger partial charge in [-0.25, -0.2) is 0 Å². The van der Waals surface area contributed by atoms with Crippen LogP contribution >= 0.6 is 11.6 Å². The lowest BCUT2D eigenvalue weighted by Crippen LogP contribution is -2.53. The van der Waals surface area contributed by atoms with Crippen LogP contribution in [0.4, 0.5) is 0 Å². The predicted octanol–water partition coefficient (Wildman–Crippen LogP) is 5.50. The molecule has 2 aromatic carbocycles. The summed E-state index contributed by atoms with van der Waals surface area (Å²) < 4.78 is 6.24. The molecule has 7 heteroatoms. The Morgan fingerprint density at radius 2 is 1.82 bits per heavy atom. The molecule has 6 nitrogen and oxygen atoms in total. The molecule has 0 bridgehead atoms. The van der Waals surface area contributed by atoms with Crippen molar-refractivity contribution in [3.05, 3.63) is 65.2 Å². The molecule has 2 saturated heterocycles. The first-order valence-electron chi connectivity index (χ1n) is 13.9. The highest BCUT2D eigenvalue weighted by Gasteiger charge is 2.42. The molecule has 0 radical (unpaired) electrons. The summed E-state index contributed by atoms with van der Waals surface area (Å²) in [5.41, 5.74) is 0.650. The van der Waals surface area contributed by atoms with E-state index >= 15 is 0 Å². The highest BCUT2D eigenvalue weighted by molar-refractivity contribution is 6.30. The Hall–Kier alpha value is -2.57. The monoisotopic (exact) mass is 539 g/mol. The van der Waals surface area contributed by atoms with E-state index in [1.807, 2.05) is 60.5 Å². The molecule has 1 atom stereocenters. The fourth-order valence-electron chi connectivity index (χ4n) is 5.82. The van der Waals surface area contributed by atoms with Crippen molar-refractivity contribution < 1.29 is 14.3 Å². The Morgan fingerprint density at radius 1 is 1.08 bits per heavy atom. The molecule has 0 N–H and O–H groups in total. The van der Waals surface area contributed by atoms with E-state index in [1.54, 1.807) is 11.0 Å². The number of nitrogens with zero attached hydrogens (tertiary/aromatic N) is 3. The summed E-state index contributed by atoms with van der Waals surface area (Å²) in [6.45, 7) is 8.58. The van der Waals surface area contributed by atoms with E-state index in [-0.39, 0.29) is 17.7 Å². The minimum atomic E-state index is -0.448. The van der Waals surface area contributed by atoms with Gasteiger partial charge in [0.25, 0.3) is 0 Å². The van der Waals surface area contributed by atoms with Gasteiger partial charge in [-0.3, -0.25) is 9.59 Å². The number of carbonyl (C=O) groups is 2. The van der Waals surface area contributed by atoms with Crippen LogP contribution in [0.15, 0.2) is 54.6 Å². The maximum absolute atomic E-state index is 13.7. The lowest BCUT2D eigenvalue weighted by Gasteiger charge is -2.44. The maximum atomic E-state index is 13.7. The third kappa shape index (κ3) is 7.51. The van der Waals surface area contributed by atoms with Crippen molar-refractivity contribution in [2.24, 2.45) is 11.3 Å². The van der Waals surface area contributed by atoms with Crippen molar-refractivity contribution in [3.8, 4) is 5.75 Å². The molecule has 0 aliphatic carbocycles. The van der Waals surface area contributed by atoms with Gasteiger partial charge >= 0.3 is 0 Å². The lowest BCUT2D eigenvalue weighted by molar-refractivity contribution is -0.145. The highest BCUT2D eigenvalue weighted by Crippen LogP contribution is 2.37. The molecular formula is C31H42ClN3O3. The van der Waals surface area contributed by atoms with Crippen LogP contribution < -0.4 is 4.74 Å². The van der Waals surface area contributed by atoms with Gasteiger partial charge in [-0.15, -0.1) is 0 Å². The fourth-order valence-corrected chi connectivity index (χ4v) is 6.00. The van der Waals surface area contributed by atoms with Gasteiger partial charge in [0, 0.05) is 55.5 Å². The van der Waals surface area contributed by atoms with E-state index in [4.69, 9.17) is 16.3 Å². The summed E-state index contributed by atoms with van der Waals surface area (Å²) in [6, 6.07) is 17.9. The summed E-state index contributed by atoms with van der Waals surface area (Å²) in [4.78, 5) is 33.4. The van der Waals surface area contributed by atoms with E-state index in [9.17, 15) is 9.59 Å². The van der Waals surface area contributed by atoms with Gasteiger partial charge < -0.3 is 19.4 Å². The van der Waals surface area contributed by atoms with E-state index in [0.29, 0.717) is 42.9 Å². The fraction of sp³-hybridized carbons (Fsp3) is 0.548. The third-order valence-electron chi connectivity index (χ3n) is 8.14. The highest BCUT2D eigenvalue weighted by atomic mass is 35.5. The standard InChI is InChI=1S/C31H42ClN3O3/c1-24(2)34-17-13-26(14-18-34)30(37)35-16-8-15-31(22-35,23-38-28-12-7-11-27(32)19-28)20-29(36)33(3)21-25-9-5-4-6-10-25/h4-7,9-12,19,24,26H,8,13-18,20-23H2,1-3H3/t31-/m1/s1. The Bertz CT molecular complexity index is 1070. The quantitative estimate of drug-likeness (QED) is 0.422. The topological polar surface area (TPSA) is 53.1 Å². The van der Waals surface area contributed by atoms with Gasteiger partial charge in [0.15, 0.2) is 0 Å². The molecule has 2 aliphatic heterocycles. The zero-order valence-corrected chi connectivity index (χ0v) is 23.8. The Balaban J connectivity index is 1.47. The predicted molar refractivity (Wildman–Crippen MR) is 152 cm³/mol.